The molecule has 19 heavy (non-hydrogen) atoms. The fourth-order valence-electron chi connectivity index (χ4n) is 3.82. The first-order valence-electron chi connectivity index (χ1n) is 8.25. The highest BCUT2D eigenvalue weighted by Gasteiger charge is 2.39. The Morgan fingerprint density at radius 3 is 2.58 bits per heavy atom. The predicted molar refractivity (Wildman–Crippen MR) is 80.5 cm³/mol. The van der Waals surface area contributed by atoms with Gasteiger partial charge in [0.2, 0.25) is 0 Å². The third-order valence-corrected chi connectivity index (χ3v) is 5.25. The van der Waals surface area contributed by atoms with Gasteiger partial charge >= 0.3 is 0 Å². The van der Waals surface area contributed by atoms with Gasteiger partial charge in [0.15, 0.2) is 0 Å². The first-order valence-corrected chi connectivity index (χ1v) is 8.25. The Balaban J connectivity index is 2.01. The molecule has 112 valence electrons. The zero-order chi connectivity index (χ0) is 13.7. The molecule has 2 atom stereocenters. The maximum absolute atomic E-state index is 5.60. The Bertz CT molecular complexity index is 263. The van der Waals surface area contributed by atoms with Gasteiger partial charge in [-0.25, -0.2) is 0 Å². The van der Waals surface area contributed by atoms with Crippen molar-refractivity contribution in [1.29, 1.82) is 0 Å². The van der Waals surface area contributed by atoms with E-state index in [4.69, 9.17) is 4.74 Å². The van der Waals surface area contributed by atoms with Gasteiger partial charge in [0.1, 0.15) is 0 Å². The van der Waals surface area contributed by atoms with Crippen molar-refractivity contribution in [2.45, 2.75) is 65.0 Å². The van der Waals surface area contributed by atoms with Crippen molar-refractivity contribution in [3.05, 3.63) is 0 Å². The summed E-state index contributed by atoms with van der Waals surface area (Å²) in [6.45, 7) is 12.4. The van der Waals surface area contributed by atoms with Gasteiger partial charge in [0.25, 0.3) is 0 Å². The number of likely N-dealkylation sites (tertiary alicyclic amines) is 1. The van der Waals surface area contributed by atoms with Crippen molar-refractivity contribution in [3.8, 4) is 0 Å². The molecule has 0 spiro atoms. The number of ether oxygens (including phenoxy) is 1. The maximum atomic E-state index is 5.60. The molecule has 2 aliphatic rings. The lowest BCUT2D eigenvalue weighted by Gasteiger charge is -2.43. The minimum absolute atomic E-state index is 0.445. The molecular formula is C16H32N2O. The number of hydrogen-bond acceptors (Lipinski definition) is 3. The smallest absolute Gasteiger partial charge is 0.0472 e. The Hall–Kier alpha value is -0.120. The fourth-order valence-corrected chi connectivity index (χ4v) is 3.82. The molecule has 1 N–H and O–H groups in total. The summed E-state index contributed by atoms with van der Waals surface area (Å²) in [6, 6.07) is 1.59. The third kappa shape index (κ3) is 3.71. The van der Waals surface area contributed by atoms with Crippen molar-refractivity contribution in [3.63, 3.8) is 0 Å². The number of hydrogen-bond donors (Lipinski definition) is 1. The van der Waals surface area contributed by atoms with E-state index in [-0.39, 0.29) is 0 Å². The van der Waals surface area contributed by atoms with Crippen LogP contribution < -0.4 is 5.32 Å². The van der Waals surface area contributed by atoms with Gasteiger partial charge < -0.3 is 10.1 Å². The molecular weight excluding hydrogens is 236 g/mol. The second kappa shape index (κ2) is 7.05. The van der Waals surface area contributed by atoms with E-state index in [1.807, 2.05) is 0 Å². The molecule has 2 heterocycles. The first-order chi connectivity index (χ1) is 9.21. The van der Waals surface area contributed by atoms with Crippen molar-refractivity contribution < 1.29 is 4.74 Å². The van der Waals surface area contributed by atoms with Gasteiger partial charge in [0.05, 0.1) is 0 Å². The highest BCUT2D eigenvalue weighted by atomic mass is 16.5. The molecule has 2 unspecified atom stereocenters. The van der Waals surface area contributed by atoms with Crippen LogP contribution in [0.25, 0.3) is 0 Å². The number of nitrogens with one attached hydrogen (secondary N) is 1. The molecule has 0 aromatic rings. The maximum Gasteiger partial charge on any atom is 0.0472 e. The lowest BCUT2D eigenvalue weighted by atomic mass is 9.79. The number of rotatable bonds is 6. The molecule has 3 nitrogen and oxygen atoms in total. The van der Waals surface area contributed by atoms with Crippen molar-refractivity contribution in [1.82, 2.24) is 10.2 Å². The van der Waals surface area contributed by atoms with Gasteiger partial charge in [0, 0.05) is 38.4 Å². The molecule has 2 aliphatic heterocycles. The van der Waals surface area contributed by atoms with E-state index in [1.54, 1.807) is 0 Å². The SMILES string of the molecule is CCNCC1(CN2C(C)CCC2CC)CCOCC1. The van der Waals surface area contributed by atoms with Gasteiger partial charge in [-0.15, -0.1) is 0 Å². The van der Waals surface area contributed by atoms with Crippen LogP contribution in [-0.4, -0.2) is 49.8 Å². The van der Waals surface area contributed by atoms with Crippen LogP contribution in [0, 0.1) is 5.41 Å². The summed E-state index contributed by atoms with van der Waals surface area (Å²) >= 11 is 0. The first kappa shape index (κ1) is 15.3. The highest BCUT2D eigenvalue weighted by Crippen LogP contribution is 2.36. The van der Waals surface area contributed by atoms with E-state index in [2.05, 4.69) is 31.0 Å². The summed E-state index contributed by atoms with van der Waals surface area (Å²) in [5.74, 6) is 0. The summed E-state index contributed by atoms with van der Waals surface area (Å²) in [6.07, 6.45) is 6.52. The van der Waals surface area contributed by atoms with Crippen molar-refractivity contribution >= 4 is 0 Å². The van der Waals surface area contributed by atoms with Gasteiger partial charge in [-0.1, -0.05) is 13.8 Å². The molecule has 0 aromatic carbocycles. The number of nitrogens with zero attached hydrogens (tertiary/aromatic N) is 1. The molecule has 0 bridgehead atoms. The summed E-state index contributed by atoms with van der Waals surface area (Å²) in [7, 11) is 0. The van der Waals surface area contributed by atoms with Crippen LogP contribution in [0.2, 0.25) is 0 Å². The second-order valence-electron chi connectivity index (χ2n) is 6.55. The lowest BCUT2D eigenvalue weighted by molar-refractivity contribution is -0.0123. The lowest BCUT2D eigenvalue weighted by Crippen LogP contribution is -2.50. The predicted octanol–water partition coefficient (Wildman–Crippen LogP) is 2.66. The monoisotopic (exact) mass is 268 g/mol. The molecule has 0 amide bonds. The fraction of sp³-hybridized carbons (Fsp3) is 1.00. The van der Waals surface area contributed by atoms with E-state index in [1.165, 1.54) is 38.6 Å². The Morgan fingerprint density at radius 2 is 1.95 bits per heavy atom. The molecule has 0 saturated carbocycles. The van der Waals surface area contributed by atoms with Gasteiger partial charge in [-0.2, -0.15) is 0 Å². The van der Waals surface area contributed by atoms with Crippen LogP contribution in [0.15, 0.2) is 0 Å². The third-order valence-electron chi connectivity index (χ3n) is 5.25. The normalized spacial score (nSPS) is 31.7. The minimum atomic E-state index is 0.445. The zero-order valence-corrected chi connectivity index (χ0v) is 13.1. The van der Waals surface area contributed by atoms with Crippen LogP contribution in [0.5, 0.6) is 0 Å². The van der Waals surface area contributed by atoms with E-state index in [0.717, 1.165) is 38.4 Å². The van der Waals surface area contributed by atoms with E-state index < -0.39 is 0 Å². The highest BCUT2D eigenvalue weighted by molar-refractivity contribution is 4.93. The molecule has 0 radical (unpaired) electrons. The Kier molecular flexibility index (Phi) is 5.67. The minimum Gasteiger partial charge on any atom is -0.381 e. The molecule has 3 heteroatoms. The Morgan fingerprint density at radius 1 is 1.21 bits per heavy atom. The van der Waals surface area contributed by atoms with E-state index in [0.29, 0.717) is 5.41 Å². The summed E-state index contributed by atoms with van der Waals surface area (Å²) in [4.78, 5) is 2.79. The van der Waals surface area contributed by atoms with Crippen LogP contribution in [0.4, 0.5) is 0 Å². The molecule has 2 rings (SSSR count). The van der Waals surface area contributed by atoms with Crippen molar-refractivity contribution in [2.75, 3.05) is 32.8 Å². The summed E-state index contributed by atoms with van der Waals surface area (Å²) in [5.41, 5.74) is 0.445. The van der Waals surface area contributed by atoms with Crippen LogP contribution in [0.3, 0.4) is 0 Å². The average Bonchev–Trinajstić information content (AvgIpc) is 2.78. The summed E-state index contributed by atoms with van der Waals surface area (Å²) < 4.78 is 5.60. The molecule has 0 aliphatic carbocycles. The zero-order valence-electron chi connectivity index (χ0n) is 13.1. The summed E-state index contributed by atoms with van der Waals surface area (Å²) in [5, 5.41) is 3.60. The van der Waals surface area contributed by atoms with E-state index in [9.17, 15) is 0 Å². The van der Waals surface area contributed by atoms with Gasteiger partial charge in [-0.05, 0) is 51.0 Å². The van der Waals surface area contributed by atoms with Gasteiger partial charge in [-0.3, -0.25) is 4.90 Å². The molecule has 2 fully saturated rings. The average molecular weight is 268 g/mol. The Labute approximate surface area is 119 Å². The van der Waals surface area contributed by atoms with Crippen molar-refractivity contribution in [2.24, 2.45) is 5.41 Å². The van der Waals surface area contributed by atoms with Crippen LogP contribution in [0.1, 0.15) is 52.9 Å². The van der Waals surface area contributed by atoms with Crippen LogP contribution in [-0.2, 0) is 4.74 Å². The standard InChI is InChI=1S/C16H32N2O/c1-4-15-7-6-14(3)18(15)13-16(12-17-5-2)8-10-19-11-9-16/h14-15,17H,4-13H2,1-3H3. The second-order valence-corrected chi connectivity index (χ2v) is 6.55. The topological polar surface area (TPSA) is 24.5 Å². The van der Waals surface area contributed by atoms with Crippen LogP contribution >= 0.6 is 0 Å². The molecule has 0 aromatic heterocycles. The van der Waals surface area contributed by atoms with E-state index >= 15 is 0 Å². The molecule has 2 saturated heterocycles. The largest absolute Gasteiger partial charge is 0.381 e. The quantitative estimate of drug-likeness (QED) is 0.801.